The number of hydrogen-bond donors (Lipinski definition) is 5. The van der Waals surface area contributed by atoms with Gasteiger partial charge in [0.25, 0.3) is 15.8 Å². The minimum atomic E-state index is -5.03. The molecule has 0 aliphatic rings. The molecule has 1 amide bonds. The Bertz CT molecular complexity index is 790. The first-order valence-corrected chi connectivity index (χ1v) is 7.28. The van der Waals surface area contributed by atoms with Gasteiger partial charge < -0.3 is 20.7 Å². The van der Waals surface area contributed by atoms with E-state index < -0.39 is 61.8 Å². The molecule has 1 aromatic carbocycles. The van der Waals surface area contributed by atoms with Crippen LogP contribution in [0.2, 0.25) is 0 Å². The number of nitrogens with one attached hydrogen (secondary N) is 1. The van der Waals surface area contributed by atoms with E-state index in [1.165, 1.54) is 0 Å². The summed E-state index contributed by atoms with van der Waals surface area (Å²) in [5, 5.41) is 30.7. The summed E-state index contributed by atoms with van der Waals surface area (Å²) in [5.41, 5.74) is 3.46. The molecule has 24 heavy (non-hydrogen) atoms. The molecule has 0 heterocycles. The van der Waals surface area contributed by atoms with Crippen LogP contribution in [0.4, 0.5) is 16.2 Å². The lowest BCUT2D eigenvalue weighted by Gasteiger charge is -2.11. The molecule has 1 aromatic rings. The number of carbonyl (C=O) groups excluding carboxylic acids is 1. The number of phenols is 1. The van der Waals surface area contributed by atoms with Crippen molar-refractivity contribution in [2.75, 3.05) is 11.9 Å². The van der Waals surface area contributed by atoms with Crippen LogP contribution in [-0.2, 0) is 19.6 Å². The fraction of sp³-hybridized carbons (Fsp3) is 0.200. The second-order valence-corrected chi connectivity index (χ2v) is 5.63. The van der Waals surface area contributed by atoms with Gasteiger partial charge in [0, 0.05) is 12.1 Å². The van der Waals surface area contributed by atoms with E-state index in [4.69, 9.17) is 15.4 Å². The van der Waals surface area contributed by atoms with Gasteiger partial charge in [-0.2, -0.15) is 8.42 Å². The summed E-state index contributed by atoms with van der Waals surface area (Å²) < 4.78 is 35.5. The van der Waals surface area contributed by atoms with E-state index in [2.05, 4.69) is 4.74 Å². The number of hydrogen-bond acceptors (Lipinski definition) is 9. The molecule has 0 aromatic heterocycles. The predicted molar refractivity (Wildman–Crippen MR) is 75.2 cm³/mol. The number of phenolic OH excluding ortho intramolecular Hbond substituents is 1. The van der Waals surface area contributed by atoms with Gasteiger partial charge in [-0.1, -0.05) is 0 Å². The molecular weight excluding hydrogens is 354 g/mol. The average Bonchev–Trinajstić information content (AvgIpc) is 2.45. The summed E-state index contributed by atoms with van der Waals surface area (Å²) in [7, 11) is -5.03. The molecule has 6 N–H and O–H groups in total. The standard InChI is InChI=1S/C10H11N3O10S/c11-5(9(15)16)3-23-10(17)12-6-1-4(13(18)19)2-7(8(6)14)24(20,21)22/h1-2,5,14H,3,11H2,(H,12,17)(H,15,16)(H,20,21,22)/t5-/m0/s1. The van der Waals surface area contributed by atoms with Crippen LogP contribution < -0.4 is 11.1 Å². The van der Waals surface area contributed by atoms with Crippen LogP contribution in [0.15, 0.2) is 17.0 Å². The molecule has 0 radical (unpaired) electrons. The van der Waals surface area contributed by atoms with E-state index in [1.807, 2.05) is 0 Å². The number of benzene rings is 1. The first-order chi connectivity index (χ1) is 10.9. The number of aliphatic carboxylic acids is 1. The number of carbonyl (C=O) groups is 2. The maximum Gasteiger partial charge on any atom is 0.411 e. The van der Waals surface area contributed by atoms with Gasteiger partial charge in [-0.25, -0.2) is 4.79 Å². The maximum absolute atomic E-state index is 11.5. The van der Waals surface area contributed by atoms with Gasteiger partial charge >= 0.3 is 12.1 Å². The average molecular weight is 365 g/mol. The number of nitro groups is 1. The molecule has 14 heteroatoms. The van der Waals surface area contributed by atoms with Crippen molar-refractivity contribution >= 4 is 33.6 Å². The molecule has 132 valence electrons. The first kappa shape index (κ1) is 19.1. The zero-order valence-electron chi connectivity index (χ0n) is 11.6. The van der Waals surface area contributed by atoms with E-state index in [9.17, 15) is 33.2 Å². The summed E-state index contributed by atoms with van der Waals surface area (Å²) in [5.74, 6) is -2.64. The number of amides is 1. The molecule has 0 fully saturated rings. The van der Waals surface area contributed by atoms with E-state index in [0.717, 1.165) is 0 Å². The Balaban J connectivity index is 3.11. The van der Waals surface area contributed by atoms with Crippen LogP contribution in [0.3, 0.4) is 0 Å². The molecular formula is C10H11N3O10S. The number of carboxylic acids is 1. The third-order valence-corrected chi connectivity index (χ3v) is 3.36. The van der Waals surface area contributed by atoms with Crippen LogP contribution in [0.5, 0.6) is 5.75 Å². The number of non-ortho nitro benzene ring substituents is 1. The van der Waals surface area contributed by atoms with Crippen molar-refractivity contribution in [1.82, 2.24) is 0 Å². The summed E-state index contributed by atoms with van der Waals surface area (Å²) in [4.78, 5) is 30.4. The van der Waals surface area contributed by atoms with Gasteiger partial charge in [0.1, 0.15) is 17.5 Å². The van der Waals surface area contributed by atoms with Crippen LogP contribution >= 0.6 is 0 Å². The minimum Gasteiger partial charge on any atom is -0.504 e. The number of carboxylic acid groups (broad SMARTS) is 1. The number of nitrogens with two attached hydrogens (primary N) is 1. The van der Waals surface area contributed by atoms with Gasteiger partial charge in [0.2, 0.25) is 0 Å². The molecule has 0 aliphatic heterocycles. The molecule has 0 unspecified atom stereocenters. The minimum absolute atomic E-state index is 0.377. The van der Waals surface area contributed by atoms with Gasteiger partial charge in [0.05, 0.1) is 10.6 Å². The molecule has 0 spiro atoms. The van der Waals surface area contributed by atoms with Crippen molar-refractivity contribution in [2.45, 2.75) is 10.9 Å². The fourth-order valence-corrected chi connectivity index (χ4v) is 2.00. The number of nitrogens with zero attached hydrogens (tertiary/aromatic N) is 1. The van der Waals surface area contributed by atoms with Crippen molar-refractivity contribution in [1.29, 1.82) is 0 Å². The Kier molecular flexibility index (Phi) is 5.62. The number of ether oxygens (including phenoxy) is 1. The normalized spacial score (nSPS) is 12.2. The predicted octanol–water partition coefficient (Wildman–Crippen LogP) is -0.493. The molecule has 0 bridgehead atoms. The lowest BCUT2D eigenvalue weighted by atomic mass is 10.2. The van der Waals surface area contributed by atoms with Crippen molar-refractivity contribution in [3.8, 4) is 5.75 Å². The zero-order valence-corrected chi connectivity index (χ0v) is 12.4. The van der Waals surface area contributed by atoms with Crippen molar-refractivity contribution < 1.29 is 42.4 Å². The van der Waals surface area contributed by atoms with Crippen molar-refractivity contribution in [3.63, 3.8) is 0 Å². The number of aromatic hydroxyl groups is 1. The second-order valence-electron chi connectivity index (χ2n) is 4.24. The zero-order chi connectivity index (χ0) is 18.7. The third kappa shape index (κ3) is 4.77. The second kappa shape index (κ2) is 7.07. The Morgan fingerprint density at radius 1 is 1.42 bits per heavy atom. The number of nitro benzene ring substituents is 1. The first-order valence-electron chi connectivity index (χ1n) is 5.84. The fourth-order valence-electron chi connectivity index (χ4n) is 1.37. The van der Waals surface area contributed by atoms with Crippen molar-refractivity contribution in [3.05, 3.63) is 22.2 Å². The van der Waals surface area contributed by atoms with Gasteiger partial charge in [0.15, 0.2) is 5.75 Å². The summed E-state index contributed by atoms with van der Waals surface area (Å²) in [6.45, 7) is -0.762. The molecule has 0 saturated carbocycles. The maximum atomic E-state index is 11.5. The Morgan fingerprint density at radius 2 is 2.00 bits per heavy atom. The summed E-state index contributed by atoms with van der Waals surface area (Å²) >= 11 is 0. The van der Waals surface area contributed by atoms with E-state index in [-0.39, 0.29) is 0 Å². The third-order valence-electron chi connectivity index (χ3n) is 2.50. The van der Waals surface area contributed by atoms with E-state index >= 15 is 0 Å². The summed E-state index contributed by atoms with van der Waals surface area (Å²) in [6.07, 6.45) is -1.37. The van der Waals surface area contributed by atoms with E-state index in [0.29, 0.717) is 12.1 Å². The highest BCUT2D eigenvalue weighted by Gasteiger charge is 2.25. The van der Waals surface area contributed by atoms with Gasteiger partial charge in [-0.05, 0) is 0 Å². The molecule has 13 nitrogen and oxygen atoms in total. The monoisotopic (exact) mass is 365 g/mol. The van der Waals surface area contributed by atoms with E-state index in [1.54, 1.807) is 5.32 Å². The van der Waals surface area contributed by atoms with Gasteiger partial charge in [-0.15, -0.1) is 0 Å². The molecule has 0 saturated heterocycles. The lowest BCUT2D eigenvalue weighted by molar-refractivity contribution is -0.385. The number of rotatable bonds is 6. The Hall–Kier alpha value is -2.97. The van der Waals surface area contributed by atoms with Crippen LogP contribution in [0.1, 0.15) is 0 Å². The van der Waals surface area contributed by atoms with Crippen LogP contribution in [0.25, 0.3) is 0 Å². The molecule has 1 rings (SSSR count). The van der Waals surface area contributed by atoms with Crippen molar-refractivity contribution in [2.24, 2.45) is 5.73 Å². The Morgan fingerprint density at radius 3 is 2.46 bits per heavy atom. The van der Waals surface area contributed by atoms with Crippen LogP contribution in [0, 0.1) is 10.1 Å². The largest absolute Gasteiger partial charge is 0.504 e. The lowest BCUT2D eigenvalue weighted by Crippen LogP contribution is -2.36. The topological polar surface area (TPSA) is 219 Å². The molecule has 0 aliphatic carbocycles. The smallest absolute Gasteiger partial charge is 0.411 e. The van der Waals surface area contributed by atoms with Gasteiger partial charge in [-0.3, -0.25) is 24.8 Å². The Labute approximate surface area is 133 Å². The molecule has 1 atom stereocenters. The highest BCUT2D eigenvalue weighted by Crippen LogP contribution is 2.35. The van der Waals surface area contributed by atoms with Crippen LogP contribution in [-0.4, -0.2) is 52.8 Å². The SMILES string of the molecule is N[C@@H](COC(=O)Nc1cc([N+](=O)[O-])cc(S(=O)(=O)O)c1O)C(=O)O. The summed E-state index contributed by atoms with van der Waals surface area (Å²) in [6, 6.07) is -0.563. The number of anilines is 1. The highest BCUT2D eigenvalue weighted by atomic mass is 32.2. The highest BCUT2D eigenvalue weighted by molar-refractivity contribution is 7.86. The quantitative estimate of drug-likeness (QED) is 0.187.